The number of nitrogens with zero attached hydrogens (tertiary/aromatic N) is 2. The molecule has 4 heteroatoms. The van der Waals surface area contributed by atoms with E-state index in [-0.39, 0.29) is 0 Å². The van der Waals surface area contributed by atoms with Crippen LogP contribution >= 0.6 is 23.4 Å². The predicted molar refractivity (Wildman–Crippen MR) is 93.2 cm³/mol. The molecule has 1 aromatic carbocycles. The first-order chi connectivity index (χ1) is 10.3. The second-order valence-corrected chi connectivity index (χ2v) is 7.12. The molecule has 0 bridgehead atoms. The summed E-state index contributed by atoms with van der Waals surface area (Å²) >= 11 is 8.03. The molecule has 0 saturated heterocycles. The molecule has 0 spiro atoms. The molecule has 2 aromatic rings. The van der Waals surface area contributed by atoms with E-state index >= 15 is 0 Å². The molecule has 0 aliphatic carbocycles. The van der Waals surface area contributed by atoms with E-state index in [4.69, 9.17) is 11.6 Å². The van der Waals surface area contributed by atoms with Crippen LogP contribution in [0, 0.1) is 0 Å². The number of benzene rings is 1. The molecule has 2 nitrogen and oxygen atoms in total. The van der Waals surface area contributed by atoms with E-state index in [1.165, 1.54) is 30.6 Å². The Hall–Kier alpha value is -0.930. The Morgan fingerprint density at radius 1 is 1.29 bits per heavy atom. The Balaban J connectivity index is 1.86. The third-order valence-electron chi connectivity index (χ3n) is 3.49. The van der Waals surface area contributed by atoms with Crippen molar-refractivity contribution in [3.63, 3.8) is 0 Å². The van der Waals surface area contributed by atoms with Gasteiger partial charge in [0.05, 0.1) is 6.33 Å². The summed E-state index contributed by atoms with van der Waals surface area (Å²) in [5.41, 5.74) is 1.37. The van der Waals surface area contributed by atoms with E-state index in [9.17, 15) is 0 Å². The van der Waals surface area contributed by atoms with Crippen LogP contribution in [0.25, 0.3) is 0 Å². The van der Waals surface area contributed by atoms with Crippen LogP contribution in [0.3, 0.4) is 0 Å². The van der Waals surface area contributed by atoms with Crippen LogP contribution in [0.4, 0.5) is 0 Å². The van der Waals surface area contributed by atoms with Crippen molar-refractivity contribution in [2.45, 2.75) is 44.4 Å². The normalized spacial score (nSPS) is 12.5. The molecule has 1 aromatic heterocycles. The molecular formula is C17H23ClN2S. The number of hydrogen-bond acceptors (Lipinski definition) is 2. The molecule has 21 heavy (non-hydrogen) atoms. The summed E-state index contributed by atoms with van der Waals surface area (Å²) in [7, 11) is 0. The van der Waals surface area contributed by atoms with E-state index in [1.807, 2.05) is 24.7 Å². The van der Waals surface area contributed by atoms with Gasteiger partial charge in [-0.15, -0.1) is 0 Å². The van der Waals surface area contributed by atoms with Crippen LogP contribution in [-0.2, 0) is 13.0 Å². The zero-order valence-corrected chi connectivity index (χ0v) is 14.1. The van der Waals surface area contributed by atoms with E-state index in [2.05, 4.69) is 46.6 Å². The fourth-order valence-electron chi connectivity index (χ4n) is 2.23. The zero-order valence-electron chi connectivity index (χ0n) is 12.5. The Morgan fingerprint density at radius 3 is 2.76 bits per heavy atom. The first kappa shape index (κ1) is 16.4. The van der Waals surface area contributed by atoms with Crippen LogP contribution in [0.5, 0.6) is 0 Å². The number of unbranched alkanes of at least 4 members (excludes halogenated alkanes) is 1. The number of aryl methyl sites for hydroxylation is 1. The summed E-state index contributed by atoms with van der Waals surface area (Å²) in [4.78, 5) is 4.14. The molecule has 0 aliphatic rings. The Kier molecular flexibility index (Phi) is 7.17. The van der Waals surface area contributed by atoms with Crippen molar-refractivity contribution in [3.8, 4) is 0 Å². The van der Waals surface area contributed by atoms with Crippen LogP contribution in [-0.4, -0.2) is 20.6 Å². The van der Waals surface area contributed by atoms with Crippen LogP contribution in [0.1, 0.15) is 31.7 Å². The van der Waals surface area contributed by atoms with Gasteiger partial charge in [0.2, 0.25) is 0 Å². The monoisotopic (exact) mass is 322 g/mol. The predicted octanol–water partition coefficient (Wildman–Crippen LogP) is 5.07. The topological polar surface area (TPSA) is 17.8 Å². The number of thioether (sulfide) groups is 1. The molecule has 1 unspecified atom stereocenters. The van der Waals surface area contributed by atoms with Gasteiger partial charge in [-0.3, -0.25) is 0 Å². The van der Waals surface area contributed by atoms with Crippen LogP contribution < -0.4 is 0 Å². The second kappa shape index (κ2) is 9.16. The fourth-order valence-corrected chi connectivity index (χ4v) is 3.71. The number of rotatable bonds is 9. The van der Waals surface area contributed by atoms with Crippen molar-refractivity contribution >= 4 is 23.4 Å². The molecular weight excluding hydrogens is 300 g/mol. The van der Waals surface area contributed by atoms with E-state index in [1.54, 1.807) is 0 Å². The summed E-state index contributed by atoms with van der Waals surface area (Å²) in [5.74, 6) is 1.25. The molecule has 0 fully saturated rings. The first-order valence-corrected chi connectivity index (χ1v) is 9.02. The molecule has 0 radical (unpaired) electrons. The van der Waals surface area contributed by atoms with Crippen molar-refractivity contribution in [2.75, 3.05) is 5.75 Å². The minimum Gasteiger partial charge on any atom is -0.336 e. The maximum Gasteiger partial charge on any atom is 0.0946 e. The standard InChI is InChI=1S/C17H23ClN2S/c1-2-3-12-21-17(13-20-11-10-19-14-20)9-6-15-4-7-16(18)8-5-15/h4-5,7-8,10-11,14,17H,2-3,6,9,12-13H2,1H3. The summed E-state index contributed by atoms with van der Waals surface area (Å²) in [6, 6.07) is 8.22. The van der Waals surface area contributed by atoms with Gasteiger partial charge in [-0.25, -0.2) is 4.98 Å². The largest absolute Gasteiger partial charge is 0.336 e. The van der Waals surface area contributed by atoms with Crippen molar-refractivity contribution in [2.24, 2.45) is 0 Å². The zero-order chi connectivity index (χ0) is 14.9. The van der Waals surface area contributed by atoms with Gasteiger partial charge in [-0.2, -0.15) is 11.8 Å². The smallest absolute Gasteiger partial charge is 0.0946 e. The number of imidazole rings is 1. The van der Waals surface area contributed by atoms with E-state index in [0.717, 1.165) is 18.0 Å². The highest BCUT2D eigenvalue weighted by Gasteiger charge is 2.10. The molecule has 114 valence electrons. The molecule has 0 N–H and O–H groups in total. The highest BCUT2D eigenvalue weighted by Crippen LogP contribution is 2.21. The Labute approximate surface area is 136 Å². The Morgan fingerprint density at radius 2 is 2.10 bits per heavy atom. The molecule has 0 aliphatic heterocycles. The number of aromatic nitrogens is 2. The van der Waals surface area contributed by atoms with Gasteiger partial charge in [0.1, 0.15) is 0 Å². The van der Waals surface area contributed by atoms with E-state index < -0.39 is 0 Å². The second-order valence-electron chi connectivity index (χ2n) is 5.27. The Bertz CT molecular complexity index is 496. The minimum absolute atomic E-state index is 0.640. The average molecular weight is 323 g/mol. The maximum absolute atomic E-state index is 5.94. The van der Waals surface area contributed by atoms with Crippen molar-refractivity contribution < 1.29 is 0 Å². The van der Waals surface area contributed by atoms with Crippen molar-refractivity contribution in [1.82, 2.24) is 9.55 Å². The lowest BCUT2D eigenvalue weighted by atomic mass is 10.1. The summed E-state index contributed by atoms with van der Waals surface area (Å²) < 4.78 is 2.19. The number of hydrogen-bond donors (Lipinski definition) is 0. The maximum atomic E-state index is 5.94. The lowest BCUT2D eigenvalue weighted by Gasteiger charge is -2.17. The molecule has 1 atom stereocenters. The number of halogens is 1. The van der Waals surface area contributed by atoms with Gasteiger partial charge < -0.3 is 4.57 Å². The lowest BCUT2D eigenvalue weighted by molar-refractivity contribution is 0.623. The molecule has 0 amide bonds. The van der Waals surface area contributed by atoms with Crippen LogP contribution in [0.15, 0.2) is 43.0 Å². The molecule has 1 heterocycles. The highest BCUT2D eigenvalue weighted by molar-refractivity contribution is 7.99. The summed E-state index contributed by atoms with van der Waals surface area (Å²) in [6.45, 7) is 3.29. The highest BCUT2D eigenvalue weighted by atomic mass is 35.5. The SMILES string of the molecule is CCCCSC(CCc1ccc(Cl)cc1)Cn1ccnc1. The lowest BCUT2D eigenvalue weighted by Crippen LogP contribution is -2.14. The van der Waals surface area contributed by atoms with E-state index in [0.29, 0.717) is 5.25 Å². The molecule has 2 rings (SSSR count). The van der Waals surface area contributed by atoms with Gasteiger partial charge in [-0.1, -0.05) is 37.1 Å². The van der Waals surface area contributed by atoms with Gasteiger partial charge in [0, 0.05) is 29.2 Å². The van der Waals surface area contributed by atoms with Gasteiger partial charge >= 0.3 is 0 Å². The quantitative estimate of drug-likeness (QED) is 0.600. The molecule has 0 saturated carbocycles. The van der Waals surface area contributed by atoms with Crippen LogP contribution in [0.2, 0.25) is 5.02 Å². The fraction of sp³-hybridized carbons (Fsp3) is 0.471. The first-order valence-electron chi connectivity index (χ1n) is 7.59. The summed E-state index contributed by atoms with van der Waals surface area (Å²) in [5, 5.41) is 1.45. The van der Waals surface area contributed by atoms with Crippen molar-refractivity contribution in [3.05, 3.63) is 53.6 Å². The third-order valence-corrected chi connectivity index (χ3v) is 5.13. The van der Waals surface area contributed by atoms with Gasteiger partial charge in [-0.05, 0) is 42.7 Å². The van der Waals surface area contributed by atoms with Gasteiger partial charge in [0.25, 0.3) is 0 Å². The minimum atomic E-state index is 0.640. The third kappa shape index (κ3) is 6.15. The summed E-state index contributed by atoms with van der Waals surface area (Å²) in [6.07, 6.45) is 10.7. The van der Waals surface area contributed by atoms with Gasteiger partial charge in [0.15, 0.2) is 0 Å². The van der Waals surface area contributed by atoms with Crippen molar-refractivity contribution in [1.29, 1.82) is 0 Å². The average Bonchev–Trinajstić information content (AvgIpc) is 2.99.